The van der Waals surface area contributed by atoms with Crippen LogP contribution in [0.4, 0.5) is 0 Å². The van der Waals surface area contributed by atoms with Gasteiger partial charge in [-0.2, -0.15) is 5.10 Å². The Bertz CT molecular complexity index is 932. The largest absolute Gasteiger partial charge is 0.334 e. The Morgan fingerprint density at radius 2 is 2.17 bits per heavy atom. The molecule has 0 spiro atoms. The predicted octanol–water partition coefficient (Wildman–Crippen LogP) is 1.20. The number of carbonyl (C=O) groups is 1. The molecule has 1 aliphatic heterocycles. The number of fused-ring (bicyclic) bond motifs is 1. The van der Waals surface area contributed by atoms with Crippen molar-refractivity contribution in [2.75, 3.05) is 6.54 Å². The van der Waals surface area contributed by atoms with Crippen LogP contribution in [0.15, 0.2) is 53.8 Å². The summed E-state index contributed by atoms with van der Waals surface area (Å²) in [6.45, 7) is 1.29. The van der Waals surface area contributed by atoms with E-state index >= 15 is 0 Å². The highest BCUT2D eigenvalue weighted by Gasteiger charge is 2.31. The molecule has 4 heterocycles. The Morgan fingerprint density at radius 1 is 1.25 bits per heavy atom. The van der Waals surface area contributed by atoms with E-state index in [1.54, 1.807) is 29.4 Å². The van der Waals surface area contributed by atoms with Gasteiger partial charge in [-0.1, -0.05) is 6.07 Å². The van der Waals surface area contributed by atoms with Crippen LogP contribution in [0.1, 0.15) is 23.2 Å². The van der Waals surface area contributed by atoms with Crippen LogP contribution >= 0.6 is 0 Å². The summed E-state index contributed by atoms with van der Waals surface area (Å²) >= 11 is 0. The maximum atomic E-state index is 12.9. The summed E-state index contributed by atoms with van der Waals surface area (Å²) in [5.74, 6) is -0.250. The quantitative estimate of drug-likeness (QED) is 0.726. The first kappa shape index (κ1) is 14.6. The van der Waals surface area contributed by atoms with Gasteiger partial charge < -0.3 is 4.90 Å². The fourth-order valence-electron chi connectivity index (χ4n) is 3.25. The first-order valence-corrected chi connectivity index (χ1v) is 7.99. The van der Waals surface area contributed by atoms with Crippen molar-refractivity contribution in [1.29, 1.82) is 0 Å². The number of hydrogen-bond acceptors (Lipinski definition) is 4. The molecule has 3 aromatic heterocycles. The Morgan fingerprint density at radius 3 is 3.00 bits per heavy atom. The zero-order valence-electron chi connectivity index (χ0n) is 13.1. The average Bonchev–Trinajstić information content (AvgIpc) is 3.27. The van der Waals surface area contributed by atoms with Crippen LogP contribution in [0.3, 0.4) is 0 Å². The van der Waals surface area contributed by atoms with Crippen LogP contribution < -0.4 is 5.56 Å². The number of carbonyl (C=O) groups excluding carboxylic acids is 1. The molecule has 24 heavy (non-hydrogen) atoms. The van der Waals surface area contributed by atoms with Gasteiger partial charge in [-0.3, -0.25) is 18.7 Å². The summed E-state index contributed by atoms with van der Waals surface area (Å²) in [5, 5.41) is 4.21. The van der Waals surface area contributed by atoms with E-state index in [0.717, 1.165) is 12.8 Å². The van der Waals surface area contributed by atoms with E-state index in [4.69, 9.17) is 0 Å². The van der Waals surface area contributed by atoms with E-state index in [2.05, 4.69) is 10.1 Å². The molecule has 1 aliphatic rings. The van der Waals surface area contributed by atoms with Crippen molar-refractivity contribution in [3.05, 3.63) is 65.0 Å². The molecule has 1 fully saturated rings. The van der Waals surface area contributed by atoms with Gasteiger partial charge in [-0.15, -0.1) is 0 Å². The van der Waals surface area contributed by atoms with Crippen LogP contribution in [0.25, 0.3) is 5.65 Å². The molecule has 1 atom stereocenters. The Labute approximate surface area is 138 Å². The third-order valence-electron chi connectivity index (χ3n) is 4.44. The molecule has 0 aliphatic carbocycles. The minimum absolute atomic E-state index is 0.0493. The summed E-state index contributed by atoms with van der Waals surface area (Å²) in [4.78, 5) is 31.5. The van der Waals surface area contributed by atoms with Crippen molar-refractivity contribution in [2.45, 2.75) is 25.4 Å². The fraction of sp³-hybridized carbons (Fsp3) is 0.294. The molecule has 122 valence electrons. The lowest BCUT2D eigenvalue weighted by Gasteiger charge is -2.24. The van der Waals surface area contributed by atoms with Gasteiger partial charge >= 0.3 is 0 Å². The Kier molecular flexibility index (Phi) is 3.60. The third kappa shape index (κ3) is 2.47. The standard InChI is InChI=1S/C17H17N5O2/c23-16(14-11-18-15-6-1-2-9-22(15)17(14)24)21-10-3-5-13(21)12-20-8-4-7-19-20/h1-2,4,6-9,11,13H,3,5,10,12H2. The second-order valence-electron chi connectivity index (χ2n) is 5.93. The SMILES string of the molecule is O=C(c1cnc2ccccn2c1=O)N1CCCC1Cn1cccn1. The van der Waals surface area contributed by atoms with E-state index in [0.29, 0.717) is 18.7 Å². The first-order chi connectivity index (χ1) is 11.7. The predicted molar refractivity (Wildman–Crippen MR) is 87.7 cm³/mol. The van der Waals surface area contributed by atoms with Crippen molar-refractivity contribution >= 4 is 11.6 Å². The number of likely N-dealkylation sites (tertiary alicyclic amines) is 1. The minimum Gasteiger partial charge on any atom is -0.334 e. The van der Waals surface area contributed by atoms with Crippen LogP contribution in [0.2, 0.25) is 0 Å². The number of nitrogens with zero attached hydrogens (tertiary/aromatic N) is 5. The van der Waals surface area contributed by atoms with Crippen molar-refractivity contribution in [1.82, 2.24) is 24.1 Å². The molecule has 1 amide bonds. The number of amides is 1. The van der Waals surface area contributed by atoms with E-state index < -0.39 is 0 Å². The monoisotopic (exact) mass is 323 g/mol. The van der Waals surface area contributed by atoms with Crippen molar-refractivity contribution in [2.24, 2.45) is 0 Å². The van der Waals surface area contributed by atoms with Gasteiger partial charge in [0.2, 0.25) is 0 Å². The molecule has 0 saturated carbocycles. The van der Waals surface area contributed by atoms with Gasteiger partial charge in [0.15, 0.2) is 0 Å². The zero-order valence-corrected chi connectivity index (χ0v) is 13.1. The summed E-state index contributed by atoms with van der Waals surface area (Å²) in [5.41, 5.74) is 0.329. The molecule has 7 nitrogen and oxygen atoms in total. The van der Waals surface area contributed by atoms with Crippen LogP contribution in [-0.4, -0.2) is 42.6 Å². The first-order valence-electron chi connectivity index (χ1n) is 7.99. The number of pyridine rings is 1. The molecule has 1 saturated heterocycles. The zero-order chi connectivity index (χ0) is 16.5. The molecular weight excluding hydrogens is 306 g/mol. The molecule has 4 rings (SSSR count). The Balaban J connectivity index is 1.65. The number of rotatable bonds is 3. The highest BCUT2D eigenvalue weighted by Crippen LogP contribution is 2.20. The fourth-order valence-corrected chi connectivity index (χ4v) is 3.25. The molecule has 0 aromatic carbocycles. The topological polar surface area (TPSA) is 72.5 Å². The summed E-state index contributed by atoms with van der Waals surface area (Å²) in [7, 11) is 0. The van der Waals surface area contributed by atoms with Gasteiger partial charge in [0, 0.05) is 31.3 Å². The summed E-state index contributed by atoms with van der Waals surface area (Å²) < 4.78 is 3.23. The lowest BCUT2D eigenvalue weighted by molar-refractivity contribution is 0.0719. The maximum Gasteiger partial charge on any atom is 0.270 e. The third-order valence-corrected chi connectivity index (χ3v) is 4.44. The van der Waals surface area contributed by atoms with E-state index in [1.807, 2.05) is 23.0 Å². The smallest absolute Gasteiger partial charge is 0.270 e. The number of hydrogen-bond donors (Lipinski definition) is 0. The highest BCUT2D eigenvalue weighted by molar-refractivity contribution is 5.94. The van der Waals surface area contributed by atoms with Crippen LogP contribution in [-0.2, 0) is 6.54 Å². The van der Waals surface area contributed by atoms with E-state index in [9.17, 15) is 9.59 Å². The number of aromatic nitrogens is 4. The lowest BCUT2D eigenvalue weighted by atomic mass is 10.2. The van der Waals surface area contributed by atoms with Crippen LogP contribution in [0.5, 0.6) is 0 Å². The molecule has 3 aromatic rings. The van der Waals surface area contributed by atoms with Gasteiger partial charge in [-0.25, -0.2) is 4.98 Å². The lowest BCUT2D eigenvalue weighted by Crippen LogP contribution is -2.41. The molecule has 0 N–H and O–H groups in total. The maximum absolute atomic E-state index is 12.9. The van der Waals surface area contributed by atoms with E-state index in [-0.39, 0.29) is 23.1 Å². The molecule has 7 heteroatoms. The van der Waals surface area contributed by atoms with Crippen molar-refractivity contribution < 1.29 is 4.79 Å². The van der Waals surface area contributed by atoms with Gasteiger partial charge in [0.05, 0.1) is 12.6 Å². The molecular formula is C17H17N5O2. The molecule has 1 unspecified atom stereocenters. The van der Waals surface area contributed by atoms with Gasteiger partial charge in [0.1, 0.15) is 11.2 Å². The highest BCUT2D eigenvalue weighted by atomic mass is 16.2. The minimum atomic E-state index is -0.324. The van der Waals surface area contributed by atoms with Gasteiger partial charge in [-0.05, 0) is 31.0 Å². The second-order valence-corrected chi connectivity index (χ2v) is 5.93. The summed E-state index contributed by atoms with van der Waals surface area (Å²) in [6.07, 6.45) is 8.47. The average molecular weight is 323 g/mol. The van der Waals surface area contributed by atoms with Crippen molar-refractivity contribution in [3.63, 3.8) is 0 Å². The summed E-state index contributed by atoms with van der Waals surface area (Å²) in [6, 6.07) is 7.21. The van der Waals surface area contributed by atoms with Crippen molar-refractivity contribution in [3.8, 4) is 0 Å². The second kappa shape index (κ2) is 5.92. The molecule has 0 radical (unpaired) electrons. The van der Waals surface area contributed by atoms with Gasteiger partial charge in [0.25, 0.3) is 11.5 Å². The van der Waals surface area contributed by atoms with E-state index in [1.165, 1.54) is 10.6 Å². The Hall–Kier alpha value is -2.96. The van der Waals surface area contributed by atoms with Crippen LogP contribution in [0, 0.1) is 0 Å². The molecule has 0 bridgehead atoms. The normalized spacial score (nSPS) is 17.5.